The minimum absolute atomic E-state index is 0.169. The first-order valence-corrected chi connectivity index (χ1v) is 6.00. The fraction of sp³-hybridized carbons (Fsp3) is 0.750. The van der Waals surface area contributed by atoms with Crippen molar-refractivity contribution in [3.63, 3.8) is 0 Å². The maximum absolute atomic E-state index is 11.9. The van der Waals surface area contributed by atoms with Crippen molar-refractivity contribution in [1.29, 1.82) is 0 Å². The molecule has 2 fully saturated rings. The van der Waals surface area contributed by atoms with Gasteiger partial charge in [-0.3, -0.25) is 4.79 Å². The second-order valence-electron chi connectivity index (χ2n) is 4.54. The number of likely N-dealkylation sites (tertiary alicyclic amines) is 1. The van der Waals surface area contributed by atoms with Crippen LogP contribution in [0.25, 0.3) is 0 Å². The molecule has 0 saturated carbocycles. The van der Waals surface area contributed by atoms with E-state index in [0.717, 1.165) is 39.0 Å². The topological polar surface area (TPSA) is 32.8 Å². The van der Waals surface area contributed by atoms with Crippen LogP contribution in [0.15, 0.2) is 11.6 Å². The van der Waals surface area contributed by atoms with E-state index in [0.29, 0.717) is 13.2 Å². The highest BCUT2D eigenvalue weighted by Gasteiger charge is 2.17. The first-order chi connectivity index (χ1) is 7.75. The van der Waals surface area contributed by atoms with Gasteiger partial charge in [0.15, 0.2) is 0 Å². The van der Waals surface area contributed by atoms with Gasteiger partial charge in [-0.05, 0) is 19.9 Å². The van der Waals surface area contributed by atoms with E-state index in [2.05, 4.69) is 11.9 Å². The fourth-order valence-corrected chi connectivity index (χ4v) is 2.10. The van der Waals surface area contributed by atoms with E-state index in [9.17, 15) is 4.79 Å². The molecule has 2 aliphatic heterocycles. The highest BCUT2D eigenvalue weighted by Crippen LogP contribution is 2.15. The van der Waals surface area contributed by atoms with Crippen LogP contribution in [-0.2, 0) is 9.53 Å². The van der Waals surface area contributed by atoms with Gasteiger partial charge >= 0.3 is 0 Å². The molecular formula is C12H20N2O2. The Morgan fingerprint density at radius 3 is 2.44 bits per heavy atom. The fourth-order valence-electron chi connectivity index (χ4n) is 2.10. The molecule has 90 valence electrons. The lowest BCUT2D eigenvalue weighted by Gasteiger charge is -2.27. The summed E-state index contributed by atoms with van der Waals surface area (Å²) in [5.74, 6) is 0.169. The quantitative estimate of drug-likeness (QED) is 0.608. The number of carbonyl (C=O) groups is 1. The van der Waals surface area contributed by atoms with E-state index in [-0.39, 0.29) is 5.91 Å². The zero-order valence-corrected chi connectivity index (χ0v) is 9.95. The molecule has 0 aromatic heterocycles. The lowest BCUT2D eigenvalue weighted by molar-refractivity contribution is -0.130. The molecule has 0 aromatic rings. The van der Waals surface area contributed by atoms with E-state index in [1.807, 2.05) is 11.0 Å². The number of nitrogens with zero attached hydrogens (tertiary/aromatic N) is 2. The van der Waals surface area contributed by atoms with Gasteiger partial charge in [-0.25, -0.2) is 0 Å². The molecule has 0 atom stereocenters. The number of amides is 1. The Morgan fingerprint density at radius 2 is 1.81 bits per heavy atom. The van der Waals surface area contributed by atoms with Gasteiger partial charge in [0, 0.05) is 32.3 Å². The lowest BCUT2D eigenvalue weighted by atomic mass is 10.0. The van der Waals surface area contributed by atoms with Gasteiger partial charge in [0.1, 0.15) is 0 Å². The molecular weight excluding hydrogens is 204 g/mol. The number of carbonyl (C=O) groups excluding carboxylic acids is 1. The number of hydrogen-bond acceptors (Lipinski definition) is 3. The predicted molar refractivity (Wildman–Crippen MR) is 62.2 cm³/mol. The minimum Gasteiger partial charge on any atom is -0.378 e. The van der Waals surface area contributed by atoms with Crippen molar-refractivity contribution in [2.75, 3.05) is 46.4 Å². The Hall–Kier alpha value is -0.870. The van der Waals surface area contributed by atoms with Crippen LogP contribution in [0.1, 0.15) is 12.8 Å². The molecule has 1 amide bonds. The SMILES string of the molecule is CN1CCC(=CC(=O)N2CCOCC2)CC1. The van der Waals surface area contributed by atoms with Crippen LogP contribution < -0.4 is 0 Å². The summed E-state index contributed by atoms with van der Waals surface area (Å²) in [6.07, 6.45) is 3.91. The average Bonchev–Trinajstić information content (AvgIpc) is 2.33. The monoisotopic (exact) mass is 224 g/mol. The molecule has 0 spiro atoms. The number of hydrogen-bond donors (Lipinski definition) is 0. The van der Waals surface area contributed by atoms with Crippen LogP contribution in [0.2, 0.25) is 0 Å². The highest BCUT2D eigenvalue weighted by molar-refractivity contribution is 5.88. The number of piperidine rings is 1. The predicted octanol–water partition coefficient (Wildman–Crippen LogP) is 0.497. The van der Waals surface area contributed by atoms with Crippen molar-refractivity contribution in [2.45, 2.75) is 12.8 Å². The Labute approximate surface area is 96.8 Å². The summed E-state index contributed by atoms with van der Waals surface area (Å²) in [7, 11) is 2.13. The van der Waals surface area contributed by atoms with Gasteiger partial charge in [0.05, 0.1) is 13.2 Å². The van der Waals surface area contributed by atoms with Gasteiger partial charge in [-0.15, -0.1) is 0 Å². The first kappa shape index (κ1) is 11.6. The van der Waals surface area contributed by atoms with Crippen molar-refractivity contribution in [3.8, 4) is 0 Å². The van der Waals surface area contributed by atoms with Crippen LogP contribution in [0.4, 0.5) is 0 Å². The standard InChI is InChI=1S/C12H20N2O2/c1-13-4-2-11(3-5-13)10-12(15)14-6-8-16-9-7-14/h10H,2-9H2,1H3. The van der Waals surface area contributed by atoms with Crippen LogP contribution in [0, 0.1) is 0 Å². The number of morpholine rings is 1. The summed E-state index contributed by atoms with van der Waals surface area (Å²) in [5.41, 5.74) is 1.30. The van der Waals surface area contributed by atoms with E-state index < -0.39 is 0 Å². The summed E-state index contributed by atoms with van der Waals surface area (Å²) in [6, 6.07) is 0. The molecule has 4 heteroatoms. The lowest BCUT2D eigenvalue weighted by Crippen LogP contribution is -2.40. The normalized spacial score (nSPS) is 23.3. The third kappa shape index (κ3) is 3.06. The second kappa shape index (κ2) is 5.46. The molecule has 0 aliphatic carbocycles. The molecule has 2 aliphatic rings. The van der Waals surface area contributed by atoms with E-state index >= 15 is 0 Å². The van der Waals surface area contributed by atoms with Gasteiger partial charge in [-0.1, -0.05) is 5.57 Å². The molecule has 0 radical (unpaired) electrons. The molecule has 0 unspecified atom stereocenters. The molecule has 2 saturated heterocycles. The Bertz CT molecular complexity index is 273. The molecule has 0 N–H and O–H groups in total. The molecule has 16 heavy (non-hydrogen) atoms. The third-order valence-electron chi connectivity index (χ3n) is 3.28. The minimum atomic E-state index is 0.169. The maximum atomic E-state index is 11.9. The van der Waals surface area contributed by atoms with Gasteiger partial charge in [0.25, 0.3) is 0 Å². The van der Waals surface area contributed by atoms with Gasteiger partial charge in [0.2, 0.25) is 5.91 Å². The molecule has 4 nitrogen and oxygen atoms in total. The Balaban J connectivity index is 1.87. The smallest absolute Gasteiger partial charge is 0.246 e. The van der Waals surface area contributed by atoms with E-state index in [1.54, 1.807) is 0 Å². The molecule has 2 rings (SSSR count). The zero-order valence-electron chi connectivity index (χ0n) is 9.95. The summed E-state index contributed by atoms with van der Waals surface area (Å²) < 4.78 is 5.23. The van der Waals surface area contributed by atoms with Crippen LogP contribution >= 0.6 is 0 Å². The highest BCUT2D eigenvalue weighted by atomic mass is 16.5. The van der Waals surface area contributed by atoms with Crippen molar-refractivity contribution in [2.24, 2.45) is 0 Å². The van der Waals surface area contributed by atoms with E-state index in [4.69, 9.17) is 4.74 Å². The van der Waals surface area contributed by atoms with Gasteiger partial charge in [-0.2, -0.15) is 0 Å². The van der Waals surface area contributed by atoms with Crippen LogP contribution in [0.3, 0.4) is 0 Å². The van der Waals surface area contributed by atoms with Crippen LogP contribution in [0.5, 0.6) is 0 Å². The second-order valence-corrected chi connectivity index (χ2v) is 4.54. The number of rotatable bonds is 1. The molecule has 0 bridgehead atoms. The third-order valence-corrected chi connectivity index (χ3v) is 3.28. The first-order valence-electron chi connectivity index (χ1n) is 6.00. The van der Waals surface area contributed by atoms with Crippen LogP contribution in [-0.4, -0.2) is 62.1 Å². The Kier molecular flexibility index (Phi) is 3.96. The Morgan fingerprint density at radius 1 is 1.19 bits per heavy atom. The summed E-state index contributed by atoms with van der Waals surface area (Å²) in [5, 5.41) is 0. The largest absolute Gasteiger partial charge is 0.378 e. The summed E-state index contributed by atoms with van der Waals surface area (Å²) in [6.45, 7) is 4.98. The molecule has 0 aromatic carbocycles. The summed E-state index contributed by atoms with van der Waals surface area (Å²) in [4.78, 5) is 16.1. The van der Waals surface area contributed by atoms with E-state index in [1.165, 1.54) is 5.57 Å². The number of ether oxygens (including phenoxy) is 1. The summed E-state index contributed by atoms with van der Waals surface area (Å²) >= 11 is 0. The average molecular weight is 224 g/mol. The van der Waals surface area contributed by atoms with Crippen molar-refractivity contribution >= 4 is 5.91 Å². The van der Waals surface area contributed by atoms with Gasteiger partial charge < -0.3 is 14.5 Å². The van der Waals surface area contributed by atoms with Crippen molar-refractivity contribution in [3.05, 3.63) is 11.6 Å². The zero-order chi connectivity index (χ0) is 11.4. The maximum Gasteiger partial charge on any atom is 0.246 e. The molecule has 2 heterocycles. The van der Waals surface area contributed by atoms with Crippen molar-refractivity contribution in [1.82, 2.24) is 9.80 Å². The van der Waals surface area contributed by atoms with Crippen molar-refractivity contribution < 1.29 is 9.53 Å².